The normalized spacial score (nSPS) is 13.7. The summed E-state index contributed by atoms with van der Waals surface area (Å²) in [6.45, 7) is 4.19. The molecule has 4 heteroatoms. The van der Waals surface area contributed by atoms with Crippen LogP contribution in [0.2, 0.25) is 0 Å². The molecule has 2 atom stereocenters. The fraction of sp³-hybridized carbons (Fsp3) is 0.533. The van der Waals surface area contributed by atoms with Gasteiger partial charge in [0.2, 0.25) is 5.91 Å². The van der Waals surface area contributed by atoms with E-state index in [1.54, 1.807) is 7.11 Å². The first kappa shape index (κ1) is 15.5. The van der Waals surface area contributed by atoms with Gasteiger partial charge in [-0.3, -0.25) is 4.79 Å². The number of carbonyl (C=O) groups is 1. The SMILES string of the molecule is CC[C@@H](O)CNC(=O)C[C@@H](C)c1ccccc1OC. The predicted molar refractivity (Wildman–Crippen MR) is 75.3 cm³/mol. The molecule has 0 fully saturated rings. The van der Waals surface area contributed by atoms with Crippen LogP contribution in [-0.4, -0.2) is 30.8 Å². The maximum Gasteiger partial charge on any atom is 0.220 e. The van der Waals surface area contributed by atoms with Gasteiger partial charge in [0.1, 0.15) is 5.75 Å². The van der Waals surface area contributed by atoms with Crippen molar-refractivity contribution in [1.82, 2.24) is 5.32 Å². The standard InChI is InChI=1S/C15H23NO3/c1-4-12(17)10-16-15(18)9-11(2)13-7-5-6-8-14(13)19-3/h5-8,11-12,17H,4,9-10H2,1-3H3,(H,16,18)/t11-,12-/m1/s1. The predicted octanol–water partition coefficient (Wildman–Crippen LogP) is 2.08. The first-order valence-corrected chi connectivity index (χ1v) is 6.66. The van der Waals surface area contributed by atoms with Crippen molar-refractivity contribution >= 4 is 5.91 Å². The van der Waals surface area contributed by atoms with Crippen LogP contribution in [0.15, 0.2) is 24.3 Å². The lowest BCUT2D eigenvalue weighted by atomic mass is 9.96. The van der Waals surface area contributed by atoms with E-state index in [2.05, 4.69) is 5.32 Å². The average Bonchev–Trinajstić information content (AvgIpc) is 2.44. The Morgan fingerprint density at radius 3 is 2.74 bits per heavy atom. The molecule has 0 radical (unpaired) electrons. The number of amides is 1. The molecule has 0 saturated heterocycles. The maximum atomic E-state index is 11.8. The minimum absolute atomic E-state index is 0.0501. The Morgan fingerprint density at radius 2 is 2.11 bits per heavy atom. The summed E-state index contributed by atoms with van der Waals surface area (Å²) >= 11 is 0. The zero-order chi connectivity index (χ0) is 14.3. The molecule has 4 nitrogen and oxygen atoms in total. The van der Waals surface area contributed by atoms with E-state index in [0.29, 0.717) is 19.4 Å². The van der Waals surface area contributed by atoms with Gasteiger partial charge < -0.3 is 15.2 Å². The molecule has 0 aliphatic rings. The first-order valence-electron chi connectivity index (χ1n) is 6.66. The number of hydrogen-bond acceptors (Lipinski definition) is 3. The van der Waals surface area contributed by atoms with Gasteiger partial charge in [0.25, 0.3) is 0 Å². The summed E-state index contributed by atoms with van der Waals surface area (Å²) in [5, 5.41) is 12.1. The largest absolute Gasteiger partial charge is 0.496 e. The zero-order valence-electron chi connectivity index (χ0n) is 11.8. The average molecular weight is 265 g/mol. The van der Waals surface area contributed by atoms with Gasteiger partial charge in [0, 0.05) is 13.0 Å². The number of nitrogens with one attached hydrogen (secondary N) is 1. The van der Waals surface area contributed by atoms with Gasteiger partial charge in [-0.25, -0.2) is 0 Å². The van der Waals surface area contributed by atoms with Crippen LogP contribution in [0.5, 0.6) is 5.75 Å². The van der Waals surface area contributed by atoms with Gasteiger partial charge in [0.05, 0.1) is 13.2 Å². The second-order valence-electron chi connectivity index (χ2n) is 4.71. The molecule has 2 N–H and O–H groups in total. The Labute approximate surface area is 114 Å². The molecular weight excluding hydrogens is 242 g/mol. The fourth-order valence-corrected chi connectivity index (χ4v) is 1.91. The quantitative estimate of drug-likeness (QED) is 0.793. The highest BCUT2D eigenvalue weighted by Crippen LogP contribution is 2.28. The molecule has 1 aromatic rings. The van der Waals surface area contributed by atoms with Crippen LogP contribution < -0.4 is 10.1 Å². The monoisotopic (exact) mass is 265 g/mol. The number of para-hydroxylation sites is 1. The smallest absolute Gasteiger partial charge is 0.220 e. The second kappa shape index (κ2) is 7.79. The van der Waals surface area contributed by atoms with Crippen molar-refractivity contribution in [3.8, 4) is 5.75 Å². The Hall–Kier alpha value is -1.55. The van der Waals surface area contributed by atoms with Gasteiger partial charge in [0.15, 0.2) is 0 Å². The number of benzene rings is 1. The van der Waals surface area contributed by atoms with Crippen molar-refractivity contribution in [1.29, 1.82) is 0 Å². The van der Waals surface area contributed by atoms with Gasteiger partial charge in [-0.05, 0) is 24.0 Å². The van der Waals surface area contributed by atoms with Crippen molar-refractivity contribution in [2.45, 2.75) is 38.7 Å². The summed E-state index contributed by atoms with van der Waals surface area (Å²) in [6.07, 6.45) is 0.560. The van der Waals surface area contributed by atoms with Crippen LogP contribution in [-0.2, 0) is 4.79 Å². The van der Waals surface area contributed by atoms with Gasteiger partial charge in [-0.2, -0.15) is 0 Å². The van der Waals surface area contributed by atoms with Crippen molar-refractivity contribution in [3.05, 3.63) is 29.8 Å². The third-order valence-electron chi connectivity index (χ3n) is 3.17. The summed E-state index contributed by atoms with van der Waals surface area (Å²) in [7, 11) is 1.63. The van der Waals surface area contributed by atoms with E-state index in [1.165, 1.54) is 0 Å². The topological polar surface area (TPSA) is 58.6 Å². The maximum absolute atomic E-state index is 11.8. The van der Waals surface area contributed by atoms with Gasteiger partial charge in [-0.15, -0.1) is 0 Å². The van der Waals surface area contributed by atoms with E-state index < -0.39 is 6.10 Å². The Bertz CT molecular complexity index is 406. The lowest BCUT2D eigenvalue weighted by Gasteiger charge is -2.16. The lowest BCUT2D eigenvalue weighted by Crippen LogP contribution is -2.32. The highest BCUT2D eigenvalue weighted by Gasteiger charge is 2.15. The van der Waals surface area contributed by atoms with E-state index in [0.717, 1.165) is 11.3 Å². The third-order valence-corrected chi connectivity index (χ3v) is 3.17. The molecule has 0 aliphatic carbocycles. The molecule has 0 unspecified atom stereocenters. The van der Waals surface area contributed by atoms with Crippen LogP contribution >= 0.6 is 0 Å². The van der Waals surface area contributed by atoms with Crippen LogP contribution in [0.25, 0.3) is 0 Å². The Balaban J connectivity index is 2.54. The van der Waals surface area contributed by atoms with E-state index in [9.17, 15) is 9.90 Å². The molecule has 0 saturated carbocycles. The summed E-state index contributed by atoms with van der Waals surface area (Å²) < 4.78 is 5.29. The van der Waals surface area contributed by atoms with Crippen LogP contribution in [0, 0.1) is 0 Å². The van der Waals surface area contributed by atoms with E-state index >= 15 is 0 Å². The highest BCUT2D eigenvalue weighted by atomic mass is 16.5. The zero-order valence-corrected chi connectivity index (χ0v) is 11.8. The van der Waals surface area contributed by atoms with Crippen LogP contribution in [0.3, 0.4) is 0 Å². The Morgan fingerprint density at radius 1 is 1.42 bits per heavy atom. The molecule has 19 heavy (non-hydrogen) atoms. The molecule has 1 aromatic carbocycles. The lowest BCUT2D eigenvalue weighted by molar-refractivity contribution is -0.121. The van der Waals surface area contributed by atoms with Crippen LogP contribution in [0.1, 0.15) is 38.2 Å². The molecule has 0 aliphatic heterocycles. The number of methoxy groups -OCH3 is 1. The Kier molecular flexibility index (Phi) is 6.36. The molecule has 0 spiro atoms. The summed E-state index contributed by atoms with van der Waals surface area (Å²) in [5.41, 5.74) is 1.02. The number of ether oxygens (including phenoxy) is 1. The van der Waals surface area contributed by atoms with Crippen molar-refractivity contribution in [2.75, 3.05) is 13.7 Å². The number of rotatable bonds is 7. The number of aliphatic hydroxyl groups excluding tert-OH is 1. The first-order chi connectivity index (χ1) is 9.08. The molecule has 0 heterocycles. The van der Waals surface area contributed by atoms with E-state index in [4.69, 9.17) is 4.74 Å². The number of carbonyl (C=O) groups excluding carboxylic acids is 1. The van der Waals surface area contributed by atoms with Crippen molar-refractivity contribution in [2.24, 2.45) is 0 Å². The second-order valence-corrected chi connectivity index (χ2v) is 4.71. The fourth-order valence-electron chi connectivity index (χ4n) is 1.91. The number of hydrogen-bond donors (Lipinski definition) is 2. The van der Waals surface area contributed by atoms with Crippen LogP contribution in [0.4, 0.5) is 0 Å². The molecule has 0 aromatic heterocycles. The third kappa shape index (κ3) is 4.91. The van der Waals surface area contributed by atoms with E-state index in [1.807, 2.05) is 38.1 Å². The van der Waals surface area contributed by atoms with Crippen molar-refractivity contribution < 1.29 is 14.6 Å². The van der Waals surface area contributed by atoms with E-state index in [-0.39, 0.29) is 11.8 Å². The minimum Gasteiger partial charge on any atom is -0.496 e. The van der Waals surface area contributed by atoms with Gasteiger partial charge >= 0.3 is 0 Å². The highest BCUT2D eigenvalue weighted by molar-refractivity contribution is 5.77. The molecule has 1 amide bonds. The number of aliphatic hydroxyl groups is 1. The summed E-state index contributed by atoms with van der Waals surface area (Å²) in [5.74, 6) is 0.831. The molecule has 106 valence electrons. The molecular formula is C15H23NO3. The molecule has 1 rings (SSSR count). The van der Waals surface area contributed by atoms with Crippen molar-refractivity contribution in [3.63, 3.8) is 0 Å². The summed E-state index contributed by atoms with van der Waals surface area (Å²) in [6, 6.07) is 7.71. The molecule has 0 bridgehead atoms. The minimum atomic E-state index is -0.467. The van der Waals surface area contributed by atoms with Gasteiger partial charge in [-0.1, -0.05) is 32.0 Å². The summed E-state index contributed by atoms with van der Waals surface area (Å²) in [4.78, 5) is 11.8.